The second kappa shape index (κ2) is 5.38. The van der Waals surface area contributed by atoms with Gasteiger partial charge in [-0.1, -0.05) is 16.8 Å². The Hall–Kier alpha value is -1.66. The third-order valence-electron chi connectivity index (χ3n) is 2.90. The summed E-state index contributed by atoms with van der Waals surface area (Å²) in [6.07, 6.45) is 3.52. The molecular weight excluding hydrogens is 301 g/mol. The maximum atomic E-state index is 6.19. The SMILES string of the molecule is CC(Cl)c1nc2cc(Cl)cnc2n1CCc1ncon1. The maximum Gasteiger partial charge on any atom is 0.213 e. The zero-order valence-electron chi connectivity index (χ0n) is 10.6. The van der Waals surface area contributed by atoms with Crippen molar-refractivity contribution >= 4 is 34.4 Å². The molecular formula is C12H11Cl2N5O. The van der Waals surface area contributed by atoms with Crippen LogP contribution in [0.4, 0.5) is 0 Å². The molecule has 0 saturated heterocycles. The lowest BCUT2D eigenvalue weighted by Gasteiger charge is -2.08. The first-order chi connectivity index (χ1) is 9.65. The van der Waals surface area contributed by atoms with Crippen molar-refractivity contribution in [3.63, 3.8) is 0 Å². The van der Waals surface area contributed by atoms with Gasteiger partial charge in [-0.05, 0) is 13.0 Å². The Balaban J connectivity index is 2.00. The van der Waals surface area contributed by atoms with Gasteiger partial charge in [0.05, 0.1) is 10.4 Å². The average molecular weight is 312 g/mol. The molecule has 0 amide bonds. The molecule has 0 bridgehead atoms. The van der Waals surface area contributed by atoms with Gasteiger partial charge in [-0.25, -0.2) is 9.97 Å². The van der Waals surface area contributed by atoms with Gasteiger partial charge in [0.2, 0.25) is 6.39 Å². The number of aromatic nitrogens is 5. The number of hydrogen-bond donors (Lipinski definition) is 0. The van der Waals surface area contributed by atoms with Gasteiger partial charge in [-0.15, -0.1) is 11.6 Å². The minimum Gasteiger partial charge on any atom is -0.343 e. The van der Waals surface area contributed by atoms with Crippen LogP contribution < -0.4 is 0 Å². The second-order valence-corrected chi connectivity index (χ2v) is 5.42. The summed E-state index contributed by atoms with van der Waals surface area (Å²) in [6, 6.07) is 1.78. The Morgan fingerprint density at radius 2 is 2.25 bits per heavy atom. The third-order valence-corrected chi connectivity index (χ3v) is 3.30. The van der Waals surface area contributed by atoms with Gasteiger partial charge in [0.25, 0.3) is 0 Å². The standard InChI is InChI=1S/C12H11Cl2N5O/c1-7(13)11-17-9-4-8(14)5-15-12(9)19(11)3-2-10-16-6-20-18-10/h4-7H,2-3H2,1H3. The molecule has 104 valence electrons. The smallest absolute Gasteiger partial charge is 0.213 e. The zero-order chi connectivity index (χ0) is 14.1. The van der Waals surface area contributed by atoms with Crippen molar-refractivity contribution in [3.05, 3.63) is 35.3 Å². The van der Waals surface area contributed by atoms with Gasteiger partial charge in [0, 0.05) is 19.2 Å². The fourth-order valence-electron chi connectivity index (χ4n) is 2.04. The summed E-state index contributed by atoms with van der Waals surface area (Å²) in [5.41, 5.74) is 1.48. The summed E-state index contributed by atoms with van der Waals surface area (Å²) in [5.74, 6) is 1.38. The third kappa shape index (κ3) is 2.48. The molecule has 0 radical (unpaired) electrons. The predicted octanol–water partition coefficient (Wildman–Crippen LogP) is 3.01. The largest absolute Gasteiger partial charge is 0.343 e. The van der Waals surface area contributed by atoms with Crippen LogP contribution in [0.2, 0.25) is 5.02 Å². The Morgan fingerprint density at radius 1 is 1.40 bits per heavy atom. The lowest BCUT2D eigenvalue weighted by Crippen LogP contribution is -2.08. The van der Waals surface area contributed by atoms with Crippen LogP contribution in [-0.2, 0) is 13.0 Å². The molecule has 0 aliphatic carbocycles. The van der Waals surface area contributed by atoms with Gasteiger partial charge in [0.15, 0.2) is 11.5 Å². The van der Waals surface area contributed by atoms with E-state index in [2.05, 4.69) is 20.1 Å². The van der Waals surface area contributed by atoms with Gasteiger partial charge in [-0.3, -0.25) is 0 Å². The highest BCUT2D eigenvalue weighted by Crippen LogP contribution is 2.25. The molecule has 0 spiro atoms. The molecule has 0 saturated carbocycles. The van der Waals surface area contributed by atoms with E-state index in [1.807, 2.05) is 11.5 Å². The van der Waals surface area contributed by atoms with E-state index in [1.165, 1.54) is 6.39 Å². The number of halogens is 2. The number of pyridine rings is 1. The predicted molar refractivity (Wildman–Crippen MR) is 74.8 cm³/mol. The number of rotatable bonds is 4. The maximum absolute atomic E-state index is 6.19. The number of aryl methyl sites for hydroxylation is 2. The summed E-state index contributed by atoms with van der Waals surface area (Å²) in [7, 11) is 0. The highest BCUT2D eigenvalue weighted by atomic mass is 35.5. The van der Waals surface area contributed by atoms with E-state index in [9.17, 15) is 0 Å². The van der Waals surface area contributed by atoms with Crippen molar-refractivity contribution in [1.82, 2.24) is 24.7 Å². The number of imidazole rings is 1. The van der Waals surface area contributed by atoms with E-state index >= 15 is 0 Å². The Bertz CT molecular complexity index is 723. The monoisotopic (exact) mass is 311 g/mol. The fourth-order valence-corrected chi connectivity index (χ4v) is 2.36. The Labute approximate surface area is 124 Å². The summed E-state index contributed by atoms with van der Waals surface area (Å²) in [5, 5.41) is 4.11. The van der Waals surface area contributed by atoms with Crippen molar-refractivity contribution in [2.75, 3.05) is 0 Å². The molecule has 0 aliphatic rings. The van der Waals surface area contributed by atoms with Crippen molar-refractivity contribution in [2.24, 2.45) is 0 Å². The topological polar surface area (TPSA) is 69.6 Å². The van der Waals surface area contributed by atoms with Crippen molar-refractivity contribution in [2.45, 2.75) is 25.3 Å². The van der Waals surface area contributed by atoms with E-state index in [1.54, 1.807) is 12.3 Å². The molecule has 3 aromatic rings. The van der Waals surface area contributed by atoms with E-state index in [0.717, 1.165) is 17.0 Å². The summed E-state index contributed by atoms with van der Waals surface area (Å²) in [4.78, 5) is 12.8. The molecule has 1 atom stereocenters. The molecule has 3 aromatic heterocycles. The summed E-state index contributed by atoms with van der Waals surface area (Å²) in [6.45, 7) is 2.49. The van der Waals surface area contributed by atoms with E-state index < -0.39 is 0 Å². The van der Waals surface area contributed by atoms with Crippen LogP contribution in [0.1, 0.15) is 23.9 Å². The van der Waals surface area contributed by atoms with Crippen LogP contribution in [-0.4, -0.2) is 24.7 Å². The van der Waals surface area contributed by atoms with E-state index in [4.69, 9.17) is 27.7 Å². The van der Waals surface area contributed by atoms with Gasteiger partial charge < -0.3 is 9.09 Å². The summed E-state index contributed by atoms with van der Waals surface area (Å²) < 4.78 is 6.68. The highest BCUT2D eigenvalue weighted by Gasteiger charge is 2.16. The molecule has 8 heteroatoms. The quantitative estimate of drug-likeness (QED) is 0.693. The van der Waals surface area contributed by atoms with Crippen LogP contribution >= 0.6 is 23.2 Å². The normalized spacial score (nSPS) is 12.9. The zero-order valence-corrected chi connectivity index (χ0v) is 12.1. The lowest BCUT2D eigenvalue weighted by molar-refractivity contribution is 0.408. The molecule has 0 aliphatic heterocycles. The van der Waals surface area contributed by atoms with Crippen molar-refractivity contribution in [3.8, 4) is 0 Å². The first-order valence-corrected chi connectivity index (χ1v) is 6.87. The van der Waals surface area contributed by atoms with Gasteiger partial charge in [0.1, 0.15) is 11.3 Å². The molecule has 0 N–H and O–H groups in total. The Morgan fingerprint density at radius 3 is 2.95 bits per heavy atom. The number of hydrogen-bond acceptors (Lipinski definition) is 5. The van der Waals surface area contributed by atoms with Crippen LogP contribution in [0.15, 0.2) is 23.2 Å². The average Bonchev–Trinajstić information content (AvgIpc) is 3.02. The molecule has 0 fully saturated rings. The molecule has 1 unspecified atom stereocenters. The lowest BCUT2D eigenvalue weighted by atomic mass is 10.3. The molecule has 3 heterocycles. The highest BCUT2D eigenvalue weighted by molar-refractivity contribution is 6.31. The minimum atomic E-state index is -0.228. The number of alkyl halides is 1. The fraction of sp³-hybridized carbons (Fsp3) is 0.333. The first kappa shape index (κ1) is 13.3. The van der Waals surface area contributed by atoms with E-state index in [-0.39, 0.29) is 5.38 Å². The van der Waals surface area contributed by atoms with Crippen molar-refractivity contribution in [1.29, 1.82) is 0 Å². The second-order valence-electron chi connectivity index (χ2n) is 4.33. The van der Waals surface area contributed by atoms with E-state index in [0.29, 0.717) is 23.8 Å². The van der Waals surface area contributed by atoms with Crippen LogP contribution in [0.5, 0.6) is 0 Å². The molecule has 0 aromatic carbocycles. The van der Waals surface area contributed by atoms with Crippen LogP contribution in [0.3, 0.4) is 0 Å². The van der Waals surface area contributed by atoms with Gasteiger partial charge in [-0.2, -0.15) is 4.98 Å². The van der Waals surface area contributed by atoms with Gasteiger partial charge >= 0.3 is 0 Å². The van der Waals surface area contributed by atoms with Crippen molar-refractivity contribution < 1.29 is 4.52 Å². The summed E-state index contributed by atoms with van der Waals surface area (Å²) >= 11 is 12.1. The van der Waals surface area contributed by atoms with Crippen LogP contribution in [0, 0.1) is 0 Å². The molecule has 20 heavy (non-hydrogen) atoms. The van der Waals surface area contributed by atoms with Crippen LogP contribution in [0.25, 0.3) is 11.2 Å². The number of nitrogens with zero attached hydrogens (tertiary/aromatic N) is 5. The number of fused-ring (bicyclic) bond motifs is 1. The Kier molecular flexibility index (Phi) is 3.58. The first-order valence-electron chi connectivity index (χ1n) is 6.06. The molecule has 3 rings (SSSR count). The molecule has 6 nitrogen and oxygen atoms in total. The minimum absolute atomic E-state index is 0.228.